The van der Waals surface area contributed by atoms with Crippen LogP contribution in [-0.2, 0) is 6.54 Å². The lowest BCUT2D eigenvalue weighted by molar-refractivity contribution is 0.321. The average molecular weight is 273 g/mol. The van der Waals surface area contributed by atoms with Crippen LogP contribution in [0.25, 0.3) is 11.1 Å². The van der Waals surface area contributed by atoms with E-state index in [0.717, 1.165) is 36.5 Å². The summed E-state index contributed by atoms with van der Waals surface area (Å²) in [6.07, 6.45) is 4.21. The van der Waals surface area contributed by atoms with E-state index in [4.69, 9.17) is 15.0 Å². The van der Waals surface area contributed by atoms with Gasteiger partial charge in [-0.3, -0.25) is 4.90 Å². The number of anilines is 1. The number of nitrogens with two attached hydrogens (primary N) is 1. The minimum atomic E-state index is 0.349. The SMILES string of the molecule is COc1ccc(-c2cnoc2N)cc1CN1CCCC1. The minimum absolute atomic E-state index is 0.349. The predicted molar refractivity (Wildman–Crippen MR) is 77.4 cm³/mol. The Labute approximate surface area is 118 Å². The number of hydrogen-bond donors (Lipinski definition) is 1. The van der Waals surface area contributed by atoms with Crippen LogP contribution in [-0.4, -0.2) is 30.3 Å². The molecule has 1 aromatic carbocycles. The third-order valence-electron chi connectivity index (χ3n) is 3.78. The van der Waals surface area contributed by atoms with Crippen molar-refractivity contribution in [2.75, 3.05) is 25.9 Å². The van der Waals surface area contributed by atoms with Gasteiger partial charge in [-0.1, -0.05) is 11.2 Å². The Morgan fingerprint density at radius 3 is 2.80 bits per heavy atom. The number of hydrogen-bond acceptors (Lipinski definition) is 5. The molecule has 2 N–H and O–H groups in total. The van der Waals surface area contributed by atoms with E-state index in [1.807, 2.05) is 12.1 Å². The molecule has 3 rings (SSSR count). The Morgan fingerprint density at radius 1 is 1.35 bits per heavy atom. The molecule has 1 saturated heterocycles. The van der Waals surface area contributed by atoms with E-state index < -0.39 is 0 Å². The molecule has 1 aliphatic rings. The zero-order chi connectivity index (χ0) is 13.9. The van der Waals surface area contributed by atoms with Crippen molar-refractivity contribution in [1.29, 1.82) is 0 Å². The van der Waals surface area contributed by atoms with Gasteiger partial charge in [0.15, 0.2) is 0 Å². The van der Waals surface area contributed by atoms with Crippen LogP contribution in [0.15, 0.2) is 28.9 Å². The number of nitrogen functional groups attached to an aromatic ring is 1. The lowest BCUT2D eigenvalue weighted by atomic mass is 10.0. The molecule has 2 aromatic rings. The standard InChI is InChI=1S/C15H19N3O2/c1-19-14-5-4-11(13-9-17-20-15(13)16)8-12(14)10-18-6-2-3-7-18/h4-5,8-9H,2-3,6-7,10,16H2,1H3. The molecule has 5 heteroatoms. The average Bonchev–Trinajstić information content (AvgIpc) is 3.10. The summed E-state index contributed by atoms with van der Waals surface area (Å²) >= 11 is 0. The number of aromatic nitrogens is 1. The highest BCUT2D eigenvalue weighted by Crippen LogP contribution is 2.31. The quantitative estimate of drug-likeness (QED) is 0.927. The highest BCUT2D eigenvalue weighted by molar-refractivity contribution is 5.73. The van der Waals surface area contributed by atoms with Gasteiger partial charge in [-0.2, -0.15) is 0 Å². The summed E-state index contributed by atoms with van der Waals surface area (Å²) in [5.41, 5.74) is 8.80. The van der Waals surface area contributed by atoms with Gasteiger partial charge in [0.25, 0.3) is 0 Å². The van der Waals surface area contributed by atoms with Crippen LogP contribution in [0.3, 0.4) is 0 Å². The van der Waals surface area contributed by atoms with Crippen molar-refractivity contribution in [3.05, 3.63) is 30.0 Å². The molecule has 1 aromatic heterocycles. The van der Waals surface area contributed by atoms with E-state index in [1.165, 1.54) is 18.4 Å². The van der Waals surface area contributed by atoms with Crippen molar-refractivity contribution in [3.63, 3.8) is 0 Å². The first-order valence-electron chi connectivity index (χ1n) is 6.87. The monoisotopic (exact) mass is 273 g/mol. The van der Waals surface area contributed by atoms with Crippen molar-refractivity contribution in [2.45, 2.75) is 19.4 Å². The Hall–Kier alpha value is -2.01. The molecule has 1 fully saturated rings. The van der Waals surface area contributed by atoms with Gasteiger partial charge >= 0.3 is 0 Å². The van der Waals surface area contributed by atoms with E-state index in [-0.39, 0.29) is 0 Å². The van der Waals surface area contributed by atoms with E-state index in [0.29, 0.717) is 5.88 Å². The number of rotatable bonds is 4. The maximum atomic E-state index is 5.79. The number of likely N-dealkylation sites (tertiary alicyclic amines) is 1. The predicted octanol–water partition coefficient (Wildman–Crippen LogP) is 2.53. The van der Waals surface area contributed by atoms with E-state index >= 15 is 0 Å². The number of methoxy groups -OCH3 is 1. The molecule has 2 heterocycles. The minimum Gasteiger partial charge on any atom is -0.496 e. The maximum absolute atomic E-state index is 5.79. The van der Waals surface area contributed by atoms with Crippen molar-refractivity contribution in [3.8, 4) is 16.9 Å². The van der Waals surface area contributed by atoms with Gasteiger partial charge in [0.1, 0.15) is 5.75 Å². The zero-order valence-electron chi connectivity index (χ0n) is 11.6. The Bertz CT molecular complexity index is 589. The molecule has 20 heavy (non-hydrogen) atoms. The molecule has 0 amide bonds. The van der Waals surface area contributed by atoms with E-state index in [1.54, 1.807) is 13.3 Å². The fourth-order valence-corrected chi connectivity index (χ4v) is 2.72. The molecule has 0 unspecified atom stereocenters. The fourth-order valence-electron chi connectivity index (χ4n) is 2.72. The summed E-state index contributed by atoms with van der Waals surface area (Å²) < 4.78 is 10.4. The second kappa shape index (κ2) is 5.54. The number of nitrogens with zero attached hydrogens (tertiary/aromatic N) is 2. The summed E-state index contributed by atoms with van der Waals surface area (Å²) in [7, 11) is 1.70. The van der Waals surface area contributed by atoms with Crippen LogP contribution in [0.4, 0.5) is 5.88 Å². The Morgan fingerprint density at radius 2 is 2.15 bits per heavy atom. The lowest BCUT2D eigenvalue weighted by Crippen LogP contribution is -2.18. The van der Waals surface area contributed by atoms with Crippen LogP contribution in [0, 0.1) is 0 Å². The molecule has 0 radical (unpaired) electrons. The first-order chi connectivity index (χ1) is 9.78. The second-order valence-corrected chi connectivity index (χ2v) is 5.11. The highest BCUT2D eigenvalue weighted by Gasteiger charge is 2.16. The maximum Gasteiger partial charge on any atom is 0.229 e. The third-order valence-corrected chi connectivity index (χ3v) is 3.78. The molecule has 0 saturated carbocycles. The molecule has 1 aliphatic heterocycles. The van der Waals surface area contributed by atoms with Gasteiger partial charge < -0.3 is 15.0 Å². The fraction of sp³-hybridized carbons (Fsp3) is 0.400. The van der Waals surface area contributed by atoms with Gasteiger partial charge in [0.05, 0.1) is 18.9 Å². The topological polar surface area (TPSA) is 64.5 Å². The van der Waals surface area contributed by atoms with Crippen molar-refractivity contribution >= 4 is 5.88 Å². The summed E-state index contributed by atoms with van der Waals surface area (Å²) in [6, 6.07) is 6.07. The summed E-state index contributed by atoms with van der Waals surface area (Å²) in [6.45, 7) is 3.22. The molecule has 0 atom stereocenters. The number of benzene rings is 1. The summed E-state index contributed by atoms with van der Waals surface area (Å²) in [4.78, 5) is 2.44. The largest absolute Gasteiger partial charge is 0.496 e. The van der Waals surface area contributed by atoms with Crippen molar-refractivity contribution in [1.82, 2.24) is 10.1 Å². The van der Waals surface area contributed by atoms with Crippen LogP contribution >= 0.6 is 0 Å². The second-order valence-electron chi connectivity index (χ2n) is 5.11. The molecular formula is C15H19N3O2. The molecule has 106 valence electrons. The molecule has 5 nitrogen and oxygen atoms in total. The van der Waals surface area contributed by atoms with Crippen LogP contribution in [0.2, 0.25) is 0 Å². The first kappa shape index (κ1) is 13.0. The molecule has 0 spiro atoms. The third kappa shape index (κ3) is 2.49. The molecule has 0 bridgehead atoms. The first-order valence-corrected chi connectivity index (χ1v) is 6.87. The lowest BCUT2D eigenvalue weighted by Gasteiger charge is -2.17. The van der Waals surface area contributed by atoms with E-state index in [9.17, 15) is 0 Å². The Kier molecular flexibility index (Phi) is 3.60. The van der Waals surface area contributed by atoms with E-state index in [2.05, 4.69) is 16.1 Å². The van der Waals surface area contributed by atoms with Gasteiger partial charge in [-0.05, 0) is 43.6 Å². The van der Waals surface area contributed by atoms with Gasteiger partial charge in [0.2, 0.25) is 5.88 Å². The number of ether oxygens (including phenoxy) is 1. The summed E-state index contributed by atoms with van der Waals surface area (Å²) in [5.74, 6) is 1.26. The van der Waals surface area contributed by atoms with Crippen LogP contribution < -0.4 is 10.5 Å². The molecule has 0 aliphatic carbocycles. The summed E-state index contributed by atoms with van der Waals surface area (Å²) in [5, 5.41) is 3.73. The van der Waals surface area contributed by atoms with Crippen molar-refractivity contribution < 1.29 is 9.26 Å². The molecular weight excluding hydrogens is 254 g/mol. The van der Waals surface area contributed by atoms with Gasteiger partial charge in [-0.25, -0.2) is 0 Å². The highest BCUT2D eigenvalue weighted by atomic mass is 16.5. The normalized spacial score (nSPS) is 15.7. The Balaban J connectivity index is 1.92. The zero-order valence-corrected chi connectivity index (χ0v) is 11.6. The van der Waals surface area contributed by atoms with Gasteiger partial charge in [-0.15, -0.1) is 0 Å². The smallest absolute Gasteiger partial charge is 0.229 e. The van der Waals surface area contributed by atoms with Crippen molar-refractivity contribution in [2.24, 2.45) is 0 Å². The van der Waals surface area contributed by atoms with Crippen LogP contribution in [0.1, 0.15) is 18.4 Å². The van der Waals surface area contributed by atoms with Gasteiger partial charge in [0, 0.05) is 12.1 Å². The van der Waals surface area contributed by atoms with Crippen LogP contribution in [0.5, 0.6) is 5.75 Å².